The number of nitrogens with zero attached hydrogens (tertiary/aromatic N) is 1. The summed E-state index contributed by atoms with van der Waals surface area (Å²) in [7, 11) is 0. The van der Waals surface area contributed by atoms with Crippen LogP contribution in [0.25, 0.3) is 0 Å². The Morgan fingerprint density at radius 1 is 1.38 bits per heavy atom. The number of hydrogen-bond donors (Lipinski definition) is 1. The molecule has 3 nitrogen and oxygen atoms in total. The molecule has 1 amide bonds. The van der Waals surface area contributed by atoms with Gasteiger partial charge in [0.2, 0.25) is 0 Å². The van der Waals surface area contributed by atoms with E-state index in [0.29, 0.717) is 10.5 Å². The van der Waals surface area contributed by atoms with Crippen LogP contribution in [0.3, 0.4) is 0 Å². The first-order valence-corrected chi connectivity index (χ1v) is 6.13. The van der Waals surface area contributed by atoms with Crippen LogP contribution in [0, 0.1) is 17.7 Å². The van der Waals surface area contributed by atoms with E-state index in [9.17, 15) is 22.4 Å². The number of carbonyl (C=O) groups is 1. The molecule has 0 radical (unpaired) electrons. The van der Waals surface area contributed by atoms with Gasteiger partial charge in [-0.3, -0.25) is 4.79 Å². The molecule has 0 unspecified atom stereocenters. The van der Waals surface area contributed by atoms with Crippen molar-refractivity contribution >= 4 is 5.91 Å². The number of rotatable bonds is 3. The summed E-state index contributed by atoms with van der Waals surface area (Å²) >= 11 is 0. The van der Waals surface area contributed by atoms with Crippen LogP contribution < -0.4 is 5.73 Å². The summed E-state index contributed by atoms with van der Waals surface area (Å²) in [5.74, 6) is 3.21. The lowest BCUT2D eigenvalue weighted by atomic mass is 10.1. The minimum absolute atomic E-state index is 0.0792. The van der Waals surface area contributed by atoms with Gasteiger partial charge in [0, 0.05) is 12.1 Å². The largest absolute Gasteiger partial charge is 0.406 e. The third-order valence-corrected chi connectivity index (χ3v) is 2.57. The molecule has 0 fully saturated rings. The van der Waals surface area contributed by atoms with E-state index >= 15 is 0 Å². The third-order valence-electron chi connectivity index (χ3n) is 2.57. The zero-order valence-corrected chi connectivity index (χ0v) is 11.3. The first-order chi connectivity index (χ1) is 9.78. The molecule has 1 rings (SSSR count). The lowest BCUT2D eigenvalue weighted by Gasteiger charge is -2.22. The Bertz CT molecular complexity index is 573. The Morgan fingerprint density at radius 2 is 2.05 bits per heavy atom. The normalized spacial score (nSPS) is 10.8. The highest BCUT2D eigenvalue weighted by Crippen LogP contribution is 2.19. The molecule has 0 aliphatic rings. The molecule has 0 aliphatic heterocycles. The van der Waals surface area contributed by atoms with Crippen molar-refractivity contribution in [3.05, 3.63) is 35.1 Å². The molecule has 0 bridgehead atoms. The molecule has 7 heteroatoms. The topological polar surface area (TPSA) is 46.3 Å². The first kappa shape index (κ1) is 17.0. The Kier molecular flexibility index (Phi) is 5.73. The van der Waals surface area contributed by atoms with E-state index in [2.05, 4.69) is 11.8 Å². The fraction of sp³-hybridized carbons (Fsp3) is 0.357. The average Bonchev–Trinajstić information content (AvgIpc) is 2.42. The van der Waals surface area contributed by atoms with Crippen molar-refractivity contribution in [3.8, 4) is 11.8 Å². The van der Waals surface area contributed by atoms with Gasteiger partial charge in [0.05, 0.1) is 12.1 Å². The monoisotopic (exact) mass is 302 g/mol. The fourth-order valence-electron chi connectivity index (χ4n) is 1.63. The molecule has 0 aromatic heterocycles. The van der Waals surface area contributed by atoms with Crippen LogP contribution in [0.2, 0.25) is 0 Å². The minimum Gasteiger partial charge on any atom is -0.330 e. The first-order valence-electron chi connectivity index (χ1n) is 6.13. The summed E-state index contributed by atoms with van der Waals surface area (Å²) in [6.07, 6.45) is -4.54. The Morgan fingerprint density at radius 3 is 2.57 bits per heavy atom. The van der Waals surface area contributed by atoms with Gasteiger partial charge in [0.1, 0.15) is 12.4 Å². The van der Waals surface area contributed by atoms with Crippen molar-refractivity contribution in [1.82, 2.24) is 4.90 Å². The van der Waals surface area contributed by atoms with Crippen LogP contribution in [0.4, 0.5) is 17.6 Å². The maximum Gasteiger partial charge on any atom is 0.406 e. The van der Waals surface area contributed by atoms with Gasteiger partial charge in [-0.25, -0.2) is 4.39 Å². The second-order valence-electron chi connectivity index (χ2n) is 4.14. The number of hydrogen-bond acceptors (Lipinski definition) is 2. The molecule has 0 saturated heterocycles. The standard InChI is InChI=1S/C14H14F4N2O/c1-2-20(9-14(16,17)18)13(21)11-8-10(4-3-7-19)5-6-12(11)15/h5-6,8H,2,7,9,19H2,1H3. The number of nitrogens with two attached hydrogens (primary N) is 1. The summed E-state index contributed by atoms with van der Waals surface area (Å²) < 4.78 is 50.8. The maximum absolute atomic E-state index is 13.7. The van der Waals surface area contributed by atoms with Gasteiger partial charge in [0.25, 0.3) is 5.91 Å². The van der Waals surface area contributed by atoms with Gasteiger partial charge in [-0.1, -0.05) is 11.8 Å². The molecule has 2 N–H and O–H groups in total. The van der Waals surface area contributed by atoms with Crippen molar-refractivity contribution in [1.29, 1.82) is 0 Å². The number of amides is 1. The van der Waals surface area contributed by atoms with Gasteiger partial charge in [-0.05, 0) is 25.1 Å². The molecule has 0 atom stereocenters. The van der Waals surface area contributed by atoms with Gasteiger partial charge < -0.3 is 10.6 Å². The fourth-order valence-corrected chi connectivity index (χ4v) is 1.63. The second-order valence-corrected chi connectivity index (χ2v) is 4.14. The van der Waals surface area contributed by atoms with Crippen LogP contribution in [0.15, 0.2) is 18.2 Å². The summed E-state index contributed by atoms with van der Waals surface area (Å²) in [4.78, 5) is 12.5. The van der Waals surface area contributed by atoms with E-state index in [1.165, 1.54) is 13.0 Å². The molecule has 1 aromatic rings. The molecule has 0 spiro atoms. The summed E-state index contributed by atoms with van der Waals surface area (Å²) in [6.45, 7) is -0.146. The molecular formula is C14H14F4N2O. The van der Waals surface area contributed by atoms with Gasteiger partial charge in [-0.2, -0.15) is 13.2 Å². The molecule has 0 aliphatic carbocycles. The van der Waals surface area contributed by atoms with Crippen LogP contribution in [0.5, 0.6) is 0 Å². The van der Waals surface area contributed by atoms with Crippen LogP contribution in [-0.2, 0) is 0 Å². The van der Waals surface area contributed by atoms with Gasteiger partial charge >= 0.3 is 6.18 Å². The van der Waals surface area contributed by atoms with Crippen LogP contribution in [0.1, 0.15) is 22.8 Å². The number of carbonyl (C=O) groups excluding carboxylic acids is 1. The van der Waals surface area contributed by atoms with Crippen molar-refractivity contribution < 1.29 is 22.4 Å². The number of benzene rings is 1. The zero-order valence-electron chi connectivity index (χ0n) is 11.3. The summed E-state index contributed by atoms with van der Waals surface area (Å²) in [6, 6.07) is 3.45. The van der Waals surface area contributed by atoms with E-state index in [1.54, 1.807) is 0 Å². The molecule has 21 heavy (non-hydrogen) atoms. The quantitative estimate of drug-likeness (QED) is 0.687. The van der Waals surface area contributed by atoms with Crippen LogP contribution >= 0.6 is 0 Å². The smallest absolute Gasteiger partial charge is 0.330 e. The van der Waals surface area contributed by atoms with Gasteiger partial charge in [-0.15, -0.1) is 0 Å². The third kappa shape index (κ3) is 5.08. The molecule has 1 aromatic carbocycles. The Labute approximate surface area is 119 Å². The molecule has 0 heterocycles. The van der Waals surface area contributed by atoms with Crippen molar-refractivity contribution in [2.75, 3.05) is 19.6 Å². The number of alkyl halides is 3. The van der Waals surface area contributed by atoms with Crippen molar-refractivity contribution in [2.45, 2.75) is 13.1 Å². The van der Waals surface area contributed by atoms with Crippen molar-refractivity contribution in [3.63, 3.8) is 0 Å². The SMILES string of the molecule is CCN(CC(F)(F)F)C(=O)c1cc(C#CCN)ccc1F. The highest BCUT2D eigenvalue weighted by Gasteiger charge is 2.33. The summed E-state index contributed by atoms with van der Waals surface area (Å²) in [5.41, 5.74) is 5.07. The predicted molar refractivity (Wildman–Crippen MR) is 70.0 cm³/mol. The average molecular weight is 302 g/mol. The predicted octanol–water partition coefficient (Wildman–Crippen LogP) is 2.16. The molecular weight excluding hydrogens is 288 g/mol. The lowest BCUT2D eigenvalue weighted by molar-refractivity contribution is -0.140. The zero-order chi connectivity index (χ0) is 16.0. The van der Waals surface area contributed by atoms with Crippen molar-refractivity contribution in [2.24, 2.45) is 5.73 Å². The minimum atomic E-state index is -4.54. The molecule has 114 valence electrons. The van der Waals surface area contributed by atoms with E-state index in [0.717, 1.165) is 12.1 Å². The van der Waals surface area contributed by atoms with E-state index < -0.39 is 30.0 Å². The Balaban J connectivity index is 3.09. The van der Waals surface area contributed by atoms with E-state index in [-0.39, 0.29) is 13.1 Å². The highest BCUT2D eigenvalue weighted by molar-refractivity contribution is 5.95. The molecule has 0 saturated carbocycles. The van der Waals surface area contributed by atoms with E-state index in [1.807, 2.05) is 0 Å². The second kappa shape index (κ2) is 7.09. The Hall–Kier alpha value is -2.07. The van der Waals surface area contributed by atoms with Crippen LogP contribution in [-0.4, -0.2) is 36.6 Å². The van der Waals surface area contributed by atoms with E-state index in [4.69, 9.17) is 5.73 Å². The maximum atomic E-state index is 13.7. The van der Waals surface area contributed by atoms with Gasteiger partial charge in [0.15, 0.2) is 0 Å². The lowest BCUT2D eigenvalue weighted by Crippen LogP contribution is -2.39. The highest BCUT2D eigenvalue weighted by atomic mass is 19.4. The summed E-state index contributed by atoms with van der Waals surface area (Å²) in [5, 5.41) is 0. The number of halogens is 4.